The average Bonchev–Trinajstić information content (AvgIpc) is 2.79. The Morgan fingerprint density at radius 1 is 1.19 bits per heavy atom. The second kappa shape index (κ2) is 5.49. The number of hydroxylamine groups is 2. The van der Waals surface area contributed by atoms with Gasteiger partial charge in [-0.25, -0.2) is 13.2 Å². The maximum atomic E-state index is 12.0. The molecule has 0 aromatic heterocycles. The minimum absolute atomic E-state index is 0.0429. The standard InChI is InChI=1S/C13H11NO6S/c1-2-21(18,19)10-6-4-3-5-9(10)13(17)20-14-11(15)7-8-12(14)16/h2-6H,1,7-8H2. The molecule has 21 heavy (non-hydrogen) atoms. The van der Waals surface area contributed by atoms with E-state index >= 15 is 0 Å². The molecule has 0 atom stereocenters. The molecule has 1 aromatic carbocycles. The van der Waals surface area contributed by atoms with Crippen molar-refractivity contribution >= 4 is 27.6 Å². The van der Waals surface area contributed by atoms with Crippen LogP contribution in [-0.2, 0) is 24.3 Å². The predicted molar refractivity (Wildman–Crippen MR) is 70.3 cm³/mol. The molecule has 0 unspecified atom stereocenters. The fourth-order valence-corrected chi connectivity index (χ4v) is 2.67. The Morgan fingerprint density at radius 2 is 1.76 bits per heavy atom. The van der Waals surface area contributed by atoms with E-state index in [1.54, 1.807) is 0 Å². The Morgan fingerprint density at radius 3 is 2.33 bits per heavy atom. The van der Waals surface area contributed by atoms with Gasteiger partial charge in [0.1, 0.15) is 0 Å². The number of benzene rings is 1. The molecule has 2 amide bonds. The molecule has 1 saturated heterocycles. The third-order valence-corrected chi connectivity index (χ3v) is 4.22. The van der Waals surface area contributed by atoms with E-state index in [0.717, 1.165) is 0 Å². The van der Waals surface area contributed by atoms with Crippen LogP contribution in [0, 0.1) is 0 Å². The van der Waals surface area contributed by atoms with E-state index in [1.165, 1.54) is 24.3 Å². The van der Waals surface area contributed by atoms with E-state index in [1.807, 2.05) is 0 Å². The van der Waals surface area contributed by atoms with Crippen molar-refractivity contribution in [2.75, 3.05) is 0 Å². The first-order valence-electron chi connectivity index (χ1n) is 5.91. The molecule has 0 aliphatic carbocycles. The molecule has 1 aromatic rings. The topological polar surface area (TPSA) is 97.8 Å². The molecule has 8 heteroatoms. The zero-order valence-electron chi connectivity index (χ0n) is 10.8. The molecule has 1 aliphatic heterocycles. The van der Waals surface area contributed by atoms with Gasteiger partial charge in [0.25, 0.3) is 11.8 Å². The fourth-order valence-electron chi connectivity index (χ4n) is 1.76. The third-order valence-electron chi connectivity index (χ3n) is 2.81. The van der Waals surface area contributed by atoms with Crippen LogP contribution in [0.2, 0.25) is 0 Å². The molecule has 0 saturated carbocycles. The van der Waals surface area contributed by atoms with Crippen LogP contribution >= 0.6 is 0 Å². The van der Waals surface area contributed by atoms with Crippen LogP contribution < -0.4 is 0 Å². The summed E-state index contributed by atoms with van der Waals surface area (Å²) >= 11 is 0. The molecule has 2 rings (SSSR count). The number of carbonyl (C=O) groups is 3. The van der Waals surface area contributed by atoms with Gasteiger partial charge in [0, 0.05) is 18.2 Å². The number of hydrogen-bond donors (Lipinski definition) is 0. The second-order valence-electron chi connectivity index (χ2n) is 4.17. The molecule has 110 valence electrons. The SMILES string of the molecule is C=CS(=O)(=O)c1ccccc1C(=O)ON1C(=O)CCC1=O. The lowest BCUT2D eigenvalue weighted by Crippen LogP contribution is -2.32. The van der Waals surface area contributed by atoms with E-state index in [-0.39, 0.29) is 23.3 Å². The third kappa shape index (κ3) is 2.84. The van der Waals surface area contributed by atoms with Crippen molar-refractivity contribution in [2.24, 2.45) is 0 Å². The Hall–Kier alpha value is -2.48. The lowest BCUT2D eigenvalue weighted by Gasteiger charge is -2.13. The van der Waals surface area contributed by atoms with Crippen molar-refractivity contribution in [3.05, 3.63) is 41.8 Å². The molecule has 1 heterocycles. The highest BCUT2D eigenvalue weighted by atomic mass is 32.2. The number of hydrogen-bond acceptors (Lipinski definition) is 6. The van der Waals surface area contributed by atoms with Gasteiger partial charge in [-0.05, 0) is 12.1 Å². The summed E-state index contributed by atoms with van der Waals surface area (Å²) in [7, 11) is -3.86. The average molecular weight is 309 g/mol. The summed E-state index contributed by atoms with van der Waals surface area (Å²) in [5.74, 6) is -2.38. The van der Waals surface area contributed by atoms with Gasteiger partial charge < -0.3 is 4.84 Å². The fraction of sp³-hybridized carbons (Fsp3) is 0.154. The summed E-state index contributed by atoms with van der Waals surface area (Å²) in [4.78, 5) is 39.2. The minimum Gasteiger partial charge on any atom is -0.325 e. The van der Waals surface area contributed by atoms with Gasteiger partial charge in [-0.1, -0.05) is 18.7 Å². The summed E-state index contributed by atoms with van der Waals surface area (Å²) in [6.07, 6.45) is -0.0859. The molecular formula is C13H11NO6S. The van der Waals surface area contributed by atoms with Crippen LogP contribution in [0.15, 0.2) is 41.1 Å². The first-order chi connectivity index (χ1) is 9.86. The number of rotatable bonds is 4. The van der Waals surface area contributed by atoms with Gasteiger partial charge in [-0.3, -0.25) is 9.59 Å². The molecule has 0 N–H and O–H groups in total. The zero-order chi connectivity index (χ0) is 15.6. The van der Waals surface area contributed by atoms with Crippen molar-refractivity contribution in [3.63, 3.8) is 0 Å². The molecule has 1 fully saturated rings. The van der Waals surface area contributed by atoms with Gasteiger partial charge in [0.05, 0.1) is 10.5 Å². The van der Waals surface area contributed by atoms with Crippen molar-refractivity contribution in [2.45, 2.75) is 17.7 Å². The van der Waals surface area contributed by atoms with Crippen LogP contribution in [0.25, 0.3) is 0 Å². The summed E-state index contributed by atoms with van der Waals surface area (Å²) < 4.78 is 23.6. The summed E-state index contributed by atoms with van der Waals surface area (Å²) in [5.41, 5.74) is -0.273. The Labute approximate surface area is 120 Å². The summed E-state index contributed by atoms with van der Waals surface area (Å²) in [5, 5.41) is 1.06. The van der Waals surface area contributed by atoms with Gasteiger partial charge in [0.2, 0.25) is 0 Å². The zero-order valence-corrected chi connectivity index (χ0v) is 11.6. The molecular weight excluding hydrogens is 298 g/mol. The maximum absolute atomic E-state index is 12.0. The van der Waals surface area contributed by atoms with Crippen LogP contribution in [0.1, 0.15) is 23.2 Å². The molecule has 0 radical (unpaired) electrons. The van der Waals surface area contributed by atoms with E-state index in [9.17, 15) is 22.8 Å². The van der Waals surface area contributed by atoms with Gasteiger partial charge >= 0.3 is 5.97 Å². The Balaban J connectivity index is 2.35. The van der Waals surface area contributed by atoms with Crippen LogP contribution in [0.3, 0.4) is 0 Å². The van der Waals surface area contributed by atoms with Crippen LogP contribution in [0.5, 0.6) is 0 Å². The number of sulfone groups is 1. The van der Waals surface area contributed by atoms with E-state index in [2.05, 4.69) is 6.58 Å². The Kier molecular flexibility index (Phi) is 3.90. The van der Waals surface area contributed by atoms with Gasteiger partial charge in [-0.2, -0.15) is 0 Å². The van der Waals surface area contributed by atoms with Crippen LogP contribution in [0.4, 0.5) is 0 Å². The highest BCUT2D eigenvalue weighted by Crippen LogP contribution is 2.20. The van der Waals surface area contributed by atoms with E-state index in [0.29, 0.717) is 10.5 Å². The van der Waals surface area contributed by atoms with Crippen molar-refractivity contribution < 1.29 is 27.6 Å². The minimum atomic E-state index is -3.86. The number of amides is 2. The number of carbonyl (C=O) groups excluding carboxylic acids is 3. The first kappa shape index (κ1) is 14.9. The van der Waals surface area contributed by atoms with E-state index < -0.39 is 27.6 Å². The Bertz CT molecular complexity index is 721. The van der Waals surface area contributed by atoms with Crippen molar-refractivity contribution in [1.82, 2.24) is 5.06 Å². The largest absolute Gasteiger partial charge is 0.365 e. The van der Waals surface area contributed by atoms with Crippen molar-refractivity contribution in [1.29, 1.82) is 0 Å². The molecule has 0 bridgehead atoms. The maximum Gasteiger partial charge on any atom is 0.365 e. The lowest BCUT2D eigenvalue weighted by molar-refractivity contribution is -0.172. The molecule has 1 aliphatic rings. The van der Waals surface area contributed by atoms with Crippen LogP contribution in [-0.4, -0.2) is 31.3 Å². The molecule has 0 spiro atoms. The lowest BCUT2D eigenvalue weighted by atomic mass is 10.2. The van der Waals surface area contributed by atoms with Crippen molar-refractivity contribution in [3.8, 4) is 0 Å². The first-order valence-corrected chi connectivity index (χ1v) is 7.46. The monoisotopic (exact) mass is 309 g/mol. The smallest absolute Gasteiger partial charge is 0.325 e. The second-order valence-corrected chi connectivity index (χ2v) is 6.03. The van der Waals surface area contributed by atoms with Gasteiger partial charge in [0.15, 0.2) is 9.84 Å². The normalized spacial score (nSPS) is 15.1. The highest BCUT2D eigenvalue weighted by Gasteiger charge is 2.34. The van der Waals surface area contributed by atoms with Gasteiger partial charge in [-0.15, -0.1) is 5.06 Å². The molecule has 7 nitrogen and oxygen atoms in total. The number of nitrogens with zero attached hydrogens (tertiary/aromatic N) is 1. The predicted octanol–water partition coefficient (Wildman–Crippen LogP) is 0.825. The highest BCUT2D eigenvalue weighted by molar-refractivity contribution is 7.94. The summed E-state index contributed by atoms with van der Waals surface area (Å²) in [6.45, 7) is 3.18. The number of imide groups is 1. The summed E-state index contributed by atoms with van der Waals surface area (Å²) in [6, 6.07) is 5.30. The quantitative estimate of drug-likeness (QED) is 0.764. The van der Waals surface area contributed by atoms with E-state index in [4.69, 9.17) is 4.84 Å².